The molecule has 5 rings (SSSR count). The van der Waals surface area contributed by atoms with Crippen LogP contribution in [0.5, 0.6) is 0 Å². The minimum atomic E-state index is -1.29. The molecular formula is C29H37N3O6. The normalized spacial score (nSPS) is 31.5. The van der Waals surface area contributed by atoms with Crippen molar-refractivity contribution in [1.29, 1.82) is 0 Å². The molecule has 4 heterocycles. The quantitative estimate of drug-likeness (QED) is 0.432. The molecule has 0 bridgehead atoms. The number of fused-ring (bicyclic) bond motifs is 2. The van der Waals surface area contributed by atoms with Crippen LogP contribution in [0.25, 0.3) is 0 Å². The number of esters is 1. The molecular weight excluding hydrogens is 486 g/mol. The van der Waals surface area contributed by atoms with Crippen molar-refractivity contribution in [2.45, 2.75) is 50.9 Å². The molecule has 1 aromatic carbocycles. The van der Waals surface area contributed by atoms with E-state index < -0.39 is 35.6 Å². The van der Waals surface area contributed by atoms with E-state index in [4.69, 9.17) is 9.47 Å². The molecule has 1 N–H and O–H groups in total. The fraction of sp³-hybridized carbons (Fsp3) is 0.552. The van der Waals surface area contributed by atoms with Crippen molar-refractivity contribution in [1.82, 2.24) is 4.90 Å². The Balaban J connectivity index is 1.54. The number of aliphatic hydroxyl groups is 1. The lowest BCUT2D eigenvalue weighted by Crippen LogP contribution is -2.55. The predicted molar refractivity (Wildman–Crippen MR) is 143 cm³/mol. The first-order valence-electron chi connectivity index (χ1n) is 13.7. The summed E-state index contributed by atoms with van der Waals surface area (Å²) in [7, 11) is 0. The molecule has 4 aliphatic rings. The molecule has 0 aliphatic carbocycles. The van der Waals surface area contributed by atoms with E-state index in [0.29, 0.717) is 19.4 Å². The van der Waals surface area contributed by atoms with Crippen LogP contribution in [0.2, 0.25) is 0 Å². The number of carbonyl (C=O) groups is 3. The number of benzene rings is 1. The lowest BCUT2D eigenvalue weighted by atomic mass is 9.78. The molecule has 0 aromatic heterocycles. The number of rotatable bonds is 7. The van der Waals surface area contributed by atoms with Crippen LogP contribution in [0.15, 0.2) is 48.6 Å². The van der Waals surface area contributed by atoms with Gasteiger partial charge in [-0.1, -0.05) is 24.3 Å². The summed E-state index contributed by atoms with van der Waals surface area (Å²) in [5, 5.41) is 9.54. The Labute approximate surface area is 223 Å². The van der Waals surface area contributed by atoms with Crippen LogP contribution in [-0.4, -0.2) is 84.9 Å². The monoisotopic (exact) mass is 523 g/mol. The van der Waals surface area contributed by atoms with Crippen LogP contribution in [0.3, 0.4) is 0 Å². The van der Waals surface area contributed by atoms with Crippen molar-refractivity contribution in [2.75, 3.05) is 49.2 Å². The summed E-state index contributed by atoms with van der Waals surface area (Å²) in [5.74, 6) is -2.75. The molecule has 5 atom stereocenters. The Morgan fingerprint density at radius 1 is 1.08 bits per heavy atom. The summed E-state index contributed by atoms with van der Waals surface area (Å²) in [5.41, 5.74) is 0.507. The summed E-state index contributed by atoms with van der Waals surface area (Å²) in [4.78, 5) is 46.9. The fourth-order valence-electron chi connectivity index (χ4n) is 6.40. The molecule has 0 radical (unpaired) electrons. The van der Waals surface area contributed by atoms with Gasteiger partial charge in [-0.05, 0) is 57.4 Å². The first-order valence-corrected chi connectivity index (χ1v) is 13.7. The van der Waals surface area contributed by atoms with Gasteiger partial charge >= 0.3 is 5.97 Å². The number of ether oxygens (including phenoxy) is 2. The number of cyclic esters (lactones) is 1. The molecule has 4 aliphatic heterocycles. The van der Waals surface area contributed by atoms with Crippen molar-refractivity contribution in [3.8, 4) is 0 Å². The van der Waals surface area contributed by atoms with Gasteiger partial charge in [-0.15, -0.1) is 0 Å². The van der Waals surface area contributed by atoms with E-state index in [1.807, 2.05) is 48.6 Å². The van der Waals surface area contributed by atoms with Crippen LogP contribution >= 0.6 is 0 Å². The Kier molecular flexibility index (Phi) is 7.59. The predicted octanol–water partition coefficient (Wildman–Crippen LogP) is 2.29. The number of allylic oxidation sites excluding steroid dienone is 1. The average Bonchev–Trinajstić information content (AvgIpc) is 3.33. The second kappa shape index (κ2) is 10.9. The lowest BCUT2D eigenvalue weighted by molar-refractivity contribution is -0.154. The number of carbonyl (C=O) groups excluding carboxylic acids is 3. The minimum Gasteiger partial charge on any atom is -0.465 e. The maximum Gasteiger partial charge on any atom is 0.312 e. The van der Waals surface area contributed by atoms with Gasteiger partial charge in [-0.3, -0.25) is 14.4 Å². The Hall–Kier alpha value is -3.17. The molecule has 38 heavy (non-hydrogen) atoms. The summed E-state index contributed by atoms with van der Waals surface area (Å²) in [6, 6.07) is 6.91. The first kappa shape index (κ1) is 26.4. The highest BCUT2D eigenvalue weighted by Crippen LogP contribution is 2.53. The van der Waals surface area contributed by atoms with Crippen molar-refractivity contribution >= 4 is 29.2 Å². The highest BCUT2D eigenvalue weighted by molar-refractivity contribution is 6.05. The smallest absolute Gasteiger partial charge is 0.312 e. The molecule has 9 heteroatoms. The highest BCUT2D eigenvalue weighted by Gasteiger charge is 2.71. The van der Waals surface area contributed by atoms with Gasteiger partial charge in [0, 0.05) is 44.2 Å². The van der Waals surface area contributed by atoms with Crippen molar-refractivity contribution < 1.29 is 29.0 Å². The molecule has 2 amide bonds. The Morgan fingerprint density at radius 2 is 1.84 bits per heavy atom. The topological polar surface area (TPSA) is 99.6 Å². The summed E-state index contributed by atoms with van der Waals surface area (Å²) in [6.45, 7) is 6.64. The fourth-order valence-corrected chi connectivity index (χ4v) is 6.40. The van der Waals surface area contributed by atoms with Gasteiger partial charge in [0.15, 0.2) is 0 Å². The number of aliphatic hydroxyl groups excluding tert-OH is 1. The maximum absolute atomic E-state index is 14.3. The zero-order chi connectivity index (χ0) is 26.9. The molecule has 2 saturated heterocycles. The minimum absolute atomic E-state index is 0.119. The molecule has 0 saturated carbocycles. The number of nitrogens with zero attached hydrogens (tertiary/aromatic N) is 3. The van der Waals surface area contributed by atoms with E-state index in [-0.39, 0.29) is 31.6 Å². The van der Waals surface area contributed by atoms with Crippen LogP contribution in [0.1, 0.15) is 33.1 Å². The second-order valence-electron chi connectivity index (χ2n) is 10.2. The van der Waals surface area contributed by atoms with Gasteiger partial charge in [-0.25, -0.2) is 0 Å². The average molecular weight is 524 g/mol. The first-order chi connectivity index (χ1) is 18.5. The van der Waals surface area contributed by atoms with Gasteiger partial charge in [0.25, 0.3) is 5.91 Å². The van der Waals surface area contributed by atoms with E-state index in [1.165, 1.54) is 4.90 Å². The van der Waals surface area contributed by atoms with E-state index in [2.05, 4.69) is 18.7 Å². The van der Waals surface area contributed by atoms with Gasteiger partial charge in [0.1, 0.15) is 17.6 Å². The number of hydrogen-bond acceptors (Lipinski definition) is 7. The van der Waals surface area contributed by atoms with Crippen molar-refractivity contribution in [3.05, 3.63) is 48.6 Å². The molecule has 1 unspecified atom stereocenters. The highest BCUT2D eigenvalue weighted by atomic mass is 16.6. The molecule has 1 spiro atoms. The standard InChI is InChI=1S/C29H37N3O6/c1-3-30(4-2)20-11-13-21(14-12-20)31-16-8-15-29-24(26(34)32(17-9-18-33)25(29)27(31)35)23-22(38-29)10-6-5-7-19-37-28(23)36/h6,8,10-15,22-25,33H,3-5,7,9,16-19H2,1-2H3/b10-6-/t22-,23+,24-,25?,29-/m0/s1. The maximum atomic E-state index is 14.3. The zero-order valence-corrected chi connectivity index (χ0v) is 22.1. The number of likely N-dealkylation sites (tertiary alicyclic amines) is 1. The lowest BCUT2D eigenvalue weighted by Gasteiger charge is -2.35. The molecule has 9 nitrogen and oxygen atoms in total. The van der Waals surface area contributed by atoms with Gasteiger partial charge in [-0.2, -0.15) is 0 Å². The van der Waals surface area contributed by atoms with Crippen LogP contribution < -0.4 is 9.80 Å². The largest absolute Gasteiger partial charge is 0.465 e. The zero-order valence-electron chi connectivity index (χ0n) is 22.1. The van der Waals surface area contributed by atoms with Gasteiger partial charge < -0.3 is 29.3 Å². The molecule has 204 valence electrons. The van der Waals surface area contributed by atoms with E-state index in [0.717, 1.165) is 30.9 Å². The van der Waals surface area contributed by atoms with Crippen LogP contribution in [0, 0.1) is 11.8 Å². The number of anilines is 2. The van der Waals surface area contributed by atoms with Gasteiger partial charge in [0.2, 0.25) is 5.91 Å². The van der Waals surface area contributed by atoms with E-state index in [9.17, 15) is 19.5 Å². The van der Waals surface area contributed by atoms with E-state index in [1.54, 1.807) is 4.90 Å². The summed E-state index contributed by atoms with van der Waals surface area (Å²) < 4.78 is 12.1. The Morgan fingerprint density at radius 3 is 2.55 bits per heavy atom. The third-order valence-corrected chi connectivity index (χ3v) is 8.20. The molecule has 2 fully saturated rings. The SMILES string of the molecule is CCN(CC)c1ccc(N2CC=C[C@]34O[C@H]5/C=C\CCCOC(=O)[C@H]5[C@H]3C(=O)N(CCCO)C4C2=O)cc1. The third kappa shape index (κ3) is 4.31. The Bertz CT molecular complexity index is 1110. The number of amides is 2. The summed E-state index contributed by atoms with van der Waals surface area (Å²) >= 11 is 0. The summed E-state index contributed by atoms with van der Waals surface area (Å²) in [6.07, 6.45) is 8.61. The van der Waals surface area contributed by atoms with Crippen LogP contribution in [-0.2, 0) is 23.9 Å². The van der Waals surface area contributed by atoms with E-state index >= 15 is 0 Å². The second-order valence-corrected chi connectivity index (χ2v) is 10.2. The van der Waals surface area contributed by atoms with Crippen molar-refractivity contribution in [2.24, 2.45) is 11.8 Å². The number of hydrogen-bond donors (Lipinski definition) is 1. The molecule has 1 aromatic rings. The van der Waals surface area contributed by atoms with Crippen molar-refractivity contribution in [3.63, 3.8) is 0 Å². The van der Waals surface area contributed by atoms with Gasteiger partial charge in [0.05, 0.1) is 18.6 Å². The third-order valence-electron chi connectivity index (χ3n) is 8.20. The van der Waals surface area contributed by atoms with Crippen LogP contribution in [0.4, 0.5) is 11.4 Å².